The first-order valence-electron chi connectivity index (χ1n) is 6.17. The van der Waals surface area contributed by atoms with Crippen LogP contribution in [0, 0.1) is 0 Å². The number of nitrogens with zero attached hydrogens (tertiary/aromatic N) is 2. The van der Waals surface area contributed by atoms with Gasteiger partial charge >= 0.3 is 6.18 Å². The van der Waals surface area contributed by atoms with Crippen LogP contribution in [0.2, 0.25) is 0 Å². The molecular formula is C12H20F3N3O. The highest BCUT2D eigenvalue weighted by atomic mass is 19.4. The van der Waals surface area contributed by atoms with Crippen molar-refractivity contribution in [3.63, 3.8) is 0 Å². The first kappa shape index (κ1) is 17.5. The first-order valence-corrected chi connectivity index (χ1v) is 6.17. The summed E-state index contributed by atoms with van der Waals surface area (Å²) in [6.07, 6.45) is -5.00. The summed E-state index contributed by atoms with van der Waals surface area (Å²) in [4.78, 5) is 11.1. The van der Waals surface area contributed by atoms with E-state index in [1.807, 2.05) is 13.8 Å². The summed E-state index contributed by atoms with van der Waals surface area (Å²) in [5.74, 6) is -0.794. The Balaban J connectivity index is 0.00000154. The average Bonchev–Trinajstić information content (AvgIpc) is 2.64. The highest BCUT2D eigenvalue weighted by molar-refractivity contribution is 5.92. The predicted octanol–water partition coefficient (Wildman–Crippen LogP) is 2.60. The topological polar surface area (TPSA) is 60.9 Å². The number of aryl methyl sites for hydroxylation is 1. The fourth-order valence-electron chi connectivity index (χ4n) is 1.77. The van der Waals surface area contributed by atoms with E-state index in [4.69, 9.17) is 5.73 Å². The van der Waals surface area contributed by atoms with E-state index in [0.717, 1.165) is 0 Å². The molecule has 0 radical (unpaired) electrons. The second kappa shape index (κ2) is 7.16. The molecule has 1 aromatic heterocycles. The van der Waals surface area contributed by atoms with Gasteiger partial charge in [0.25, 0.3) is 5.91 Å². The van der Waals surface area contributed by atoms with Crippen molar-refractivity contribution in [1.82, 2.24) is 9.78 Å². The van der Waals surface area contributed by atoms with Crippen LogP contribution in [-0.2, 0) is 19.9 Å². The molecule has 0 spiro atoms. The third kappa shape index (κ3) is 4.92. The number of aromatic nitrogens is 2. The summed E-state index contributed by atoms with van der Waals surface area (Å²) in [7, 11) is 1.59. The van der Waals surface area contributed by atoms with Gasteiger partial charge in [-0.1, -0.05) is 20.8 Å². The van der Waals surface area contributed by atoms with E-state index >= 15 is 0 Å². The summed E-state index contributed by atoms with van der Waals surface area (Å²) in [5.41, 5.74) is 5.95. The van der Waals surface area contributed by atoms with Crippen LogP contribution in [-0.4, -0.2) is 21.9 Å². The van der Waals surface area contributed by atoms with Crippen LogP contribution < -0.4 is 5.73 Å². The predicted molar refractivity (Wildman–Crippen MR) is 66.8 cm³/mol. The van der Waals surface area contributed by atoms with Crippen molar-refractivity contribution in [1.29, 1.82) is 0 Å². The molecular weight excluding hydrogens is 259 g/mol. The van der Waals surface area contributed by atoms with Gasteiger partial charge in [0, 0.05) is 24.7 Å². The summed E-state index contributed by atoms with van der Waals surface area (Å²) >= 11 is 0. The Morgan fingerprint density at radius 2 is 1.89 bits per heavy atom. The number of nitrogens with two attached hydrogens (primary N) is 1. The zero-order chi connectivity index (χ0) is 15.2. The number of primary amides is 1. The van der Waals surface area contributed by atoms with Crippen molar-refractivity contribution < 1.29 is 18.0 Å². The Hall–Kier alpha value is -1.53. The molecule has 2 N–H and O–H groups in total. The lowest BCUT2D eigenvalue weighted by molar-refractivity contribution is -0.134. The van der Waals surface area contributed by atoms with Gasteiger partial charge in [-0.3, -0.25) is 9.48 Å². The van der Waals surface area contributed by atoms with Gasteiger partial charge in [-0.15, -0.1) is 0 Å². The molecule has 0 saturated heterocycles. The normalized spacial score (nSPS) is 10.9. The van der Waals surface area contributed by atoms with E-state index in [1.165, 1.54) is 4.68 Å². The number of amides is 1. The maximum Gasteiger partial charge on any atom is 0.389 e. The van der Waals surface area contributed by atoms with E-state index in [-0.39, 0.29) is 12.1 Å². The average molecular weight is 279 g/mol. The van der Waals surface area contributed by atoms with Crippen LogP contribution in [0.5, 0.6) is 0 Å². The van der Waals surface area contributed by atoms with Crippen LogP contribution in [0.4, 0.5) is 13.2 Å². The molecule has 0 aliphatic carbocycles. The van der Waals surface area contributed by atoms with E-state index in [0.29, 0.717) is 17.7 Å². The Labute approximate surface area is 110 Å². The van der Waals surface area contributed by atoms with Crippen molar-refractivity contribution in [3.8, 4) is 0 Å². The summed E-state index contributed by atoms with van der Waals surface area (Å²) < 4.78 is 37.9. The molecule has 4 nitrogen and oxygen atoms in total. The number of halogens is 3. The minimum absolute atomic E-state index is 0.0615. The van der Waals surface area contributed by atoms with Gasteiger partial charge in [0.05, 0.1) is 0 Å². The molecule has 0 saturated carbocycles. The maximum atomic E-state index is 12.2. The highest BCUT2D eigenvalue weighted by Gasteiger charge is 2.29. The number of alkyl halides is 3. The van der Waals surface area contributed by atoms with Crippen LogP contribution >= 0.6 is 0 Å². The third-order valence-electron chi connectivity index (χ3n) is 2.50. The van der Waals surface area contributed by atoms with Crippen LogP contribution in [0.25, 0.3) is 0 Å². The summed E-state index contributed by atoms with van der Waals surface area (Å²) in [6.45, 7) is 5.79. The van der Waals surface area contributed by atoms with E-state index in [1.54, 1.807) is 14.0 Å². The number of hydrogen-bond acceptors (Lipinski definition) is 2. The molecule has 0 aliphatic rings. The second-order valence-corrected chi connectivity index (χ2v) is 3.73. The van der Waals surface area contributed by atoms with Gasteiger partial charge in [-0.2, -0.15) is 18.3 Å². The number of hydrogen-bond donors (Lipinski definition) is 1. The van der Waals surface area contributed by atoms with Crippen molar-refractivity contribution >= 4 is 5.91 Å². The number of carbonyl (C=O) groups is 1. The third-order valence-corrected chi connectivity index (χ3v) is 2.50. The van der Waals surface area contributed by atoms with Gasteiger partial charge in [0.15, 0.2) is 5.69 Å². The van der Waals surface area contributed by atoms with E-state index in [9.17, 15) is 18.0 Å². The number of carbonyl (C=O) groups excluding carboxylic acids is 1. The Kier molecular flexibility index (Phi) is 6.58. The smallest absolute Gasteiger partial charge is 0.364 e. The maximum absolute atomic E-state index is 12.2. The molecule has 0 atom stereocenters. The largest absolute Gasteiger partial charge is 0.389 e. The van der Waals surface area contributed by atoms with Crippen molar-refractivity contribution in [2.75, 3.05) is 0 Å². The Bertz CT molecular complexity index is 425. The van der Waals surface area contributed by atoms with Crippen LogP contribution in [0.3, 0.4) is 0 Å². The highest BCUT2D eigenvalue weighted by Crippen LogP contribution is 2.25. The standard InChI is InChI=1S/C10H14F3N3O.C2H6/c1-3-7-6(4-5-10(11,12)13)8(9(14)17)15-16(7)2;1-2/h3-5H2,1-2H3,(H2,14,17);1-2H3. The van der Waals surface area contributed by atoms with Crippen molar-refractivity contribution in [3.05, 3.63) is 17.0 Å². The van der Waals surface area contributed by atoms with Crippen molar-refractivity contribution in [2.45, 2.75) is 46.2 Å². The Morgan fingerprint density at radius 1 is 1.37 bits per heavy atom. The first-order chi connectivity index (χ1) is 8.76. The SMILES string of the molecule is CC.CCc1c(CCC(F)(F)F)c(C(N)=O)nn1C. The van der Waals surface area contributed by atoms with Crippen LogP contribution in [0.15, 0.2) is 0 Å². The minimum Gasteiger partial charge on any atom is -0.364 e. The molecule has 1 heterocycles. The summed E-state index contributed by atoms with van der Waals surface area (Å²) in [6, 6.07) is 0. The minimum atomic E-state index is -4.25. The lowest BCUT2D eigenvalue weighted by Crippen LogP contribution is -2.16. The molecule has 19 heavy (non-hydrogen) atoms. The quantitative estimate of drug-likeness (QED) is 0.921. The molecule has 0 aromatic carbocycles. The number of rotatable bonds is 4. The fourth-order valence-corrected chi connectivity index (χ4v) is 1.77. The monoisotopic (exact) mass is 279 g/mol. The fraction of sp³-hybridized carbons (Fsp3) is 0.667. The summed E-state index contributed by atoms with van der Waals surface area (Å²) in [5, 5.41) is 3.86. The molecule has 1 rings (SSSR count). The van der Waals surface area contributed by atoms with E-state index < -0.39 is 18.5 Å². The van der Waals surface area contributed by atoms with Gasteiger partial charge in [0.2, 0.25) is 0 Å². The molecule has 1 amide bonds. The zero-order valence-corrected chi connectivity index (χ0v) is 11.6. The molecule has 0 unspecified atom stereocenters. The van der Waals surface area contributed by atoms with Gasteiger partial charge < -0.3 is 5.73 Å². The lowest BCUT2D eigenvalue weighted by Gasteiger charge is -2.07. The molecule has 1 aromatic rings. The zero-order valence-electron chi connectivity index (χ0n) is 11.6. The van der Waals surface area contributed by atoms with E-state index in [2.05, 4.69) is 5.10 Å². The lowest BCUT2D eigenvalue weighted by atomic mass is 10.0. The molecule has 0 aliphatic heterocycles. The molecule has 0 bridgehead atoms. The van der Waals surface area contributed by atoms with Crippen molar-refractivity contribution in [2.24, 2.45) is 12.8 Å². The molecule has 0 fully saturated rings. The molecule has 7 heteroatoms. The van der Waals surface area contributed by atoms with Gasteiger partial charge in [-0.05, 0) is 12.8 Å². The van der Waals surface area contributed by atoms with Gasteiger partial charge in [0.1, 0.15) is 0 Å². The Morgan fingerprint density at radius 3 is 2.26 bits per heavy atom. The molecule has 110 valence electrons. The second-order valence-electron chi connectivity index (χ2n) is 3.73. The van der Waals surface area contributed by atoms with Crippen LogP contribution in [0.1, 0.15) is 48.9 Å². The van der Waals surface area contributed by atoms with Gasteiger partial charge in [-0.25, -0.2) is 0 Å².